The third-order valence-electron chi connectivity index (χ3n) is 4.35. The Hall–Kier alpha value is -1.35. The first-order valence-electron chi connectivity index (χ1n) is 7.07. The van der Waals surface area contributed by atoms with Crippen LogP contribution in [0.5, 0.6) is 0 Å². The van der Waals surface area contributed by atoms with Gasteiger partial charge in [-0.05, 0) is 56.9 Å². The highest BCUT2D eigenvalue weighted by molar-refractivity contribution is 5.93. The van der Waals surface area contributed by atoms with Crippen molar-refractivity contribution in [2.24, 2.45) is 11.7 Å². The van der Waals surface area contributed by atoms with Crippen LogP contribution in [0.4, 0.5) is 5.69 Å². The van der Waals surface area contributed by atoms with E-state index in [1.54, 1.807) is 0 Å². The minimum atomic E-state index is -0.373. The summed E-state index contributed by atoms with van der Waals surface area (Å²) in [6, 6.07) is 6.01. The number of hydrogen-bond donors (Lipinski definition) is 2. The van der Waals surface area contributed by atoms with E-state index < -0.39 is 0 Å². The van der Waals surface area contributed by atoms with Crippen molar-refractivity contribution in [2.75, 3.05) is 5.32 Å². The van der Waals surface area contributed by atoms with Gasteiger partial charge in [0, 0.05) is 11.2 Å². The van der Waals surface area contributed by atoms with Gasteiger partial charge in [-0.1, -0.05) is 18.9 Å². The first-order valence-corrected chi connectivity index (χ1v) is 7.07. The predicted octanol–water partition coefficient (Wildman–Crippen LogP) is 3.15. The quantitative estimate of drug-likeness (QED) is 0.858. The van der Waals surface area contributed by atoms with Gasteiger partial charge in [-0.25, -0.2) is 0 Å². The molecule has 1 saturated carbocycles. The highest BCUT2D eigenvalue weighted by Crippen LogP contribution is 2.32. The summed E-state index contributed by atoms with van der Waals surface area (Å²) in [4.78, 5) is 12.4. The van der Waals surface area contributed by atoms with Gasteiger partial charge in [0.05, 0.1) is 5.92 Å². The lowest BCUT2D eigenvalue weighted by molar-refractivity contribution is -0.122. The lowest BCUT2D eigenvalue weighted by Crippen LogP contribution is -2.51. The summed E-state index contributed by atoms with van der Waals surface area (Å²) >= 11 is 0. The molecule has 3 heteroatoms. The van der Waals surface area contributed by atoms with Gasteiger partial charge < -0.3 is 11.1 Å². The SMILES string of the molecule is Cc1ccc(NC(=O)C2CCCCC2(C)N)cc1C. The smallest absolute Gasteiger partial charge is 0.229 e. The molecule has 0 radical (unpaired) electrons. The first-order chi connectivity index (χ1) is 8.90. The Morgan fingerprint density at radius 3 is 2.68 bits per heavy atom. The van der Waals surface area contributed by atoms with Gasteiger partial charge in [0.2, 0.25) is 5.91 Å². The standard InChI is InChI=1S/C16H24N2O/c1-11-7-8-13(10-12(11)2)18-15(19)14-6-4-5-9-16(14,3)17/h7-8,10,14H,4-6,9,17H2,1-3H3,(H,18,19). The normalized spacial score (nSPS) is 27.1. The molecule has 2 rings (SSSR count). The molecule has 2 unspecified atom stereocenters. The minimum Gasteiger partial charge on any atom is -0.326 e. The predicted molar refractivity (Wildman–Crippen MR) is 79.1 cm³/mol. The van der Waals surface area contributed by atoms with Gasteiger partial charge in [0.25, 0.3) is 0 Å². The van der Waals surface area contributed by atoms with Crippen LogP contribution in [-0.4, -0.2) is 11.4 Å². The molecule has 3 N–H and O–H groups in total. The summed E-state index contributed by atoms with van der Waals surface area (Å²) in [5.41, 5.74) is 9.19. The minimum absolute atomic E-state index is 0.0629. The molecule has 1 aliphatic carbocycles. The molecule has 1 aromatic rings. The topological polar surface area (TPSA) is 55.1 Å². The molecule has 3 nitrogen and oxygen atoms in total. The van der Waals surface area contributed by atoms with E-state index in [0.29, 0.717) is 0 Å². The van der Waals surface area contributed by atoms with E-state index in [1.165, 1.54) is 11.1 Å². The van der Waals surface area contributed by atoms with Gasteiger partial charge in [-0.3, -0.25) is 4.79 Å². The lowest BCUT2D eigenvalue weighted by Gasteiger charge is -2.37. The van der Waals surface area contributed by atoms with Crippen LogP contribution < -0.4 is 11.1 Å². The number of hydrogen-bond acceptors (Lipinski definition) is 2. The second-order valence-corrected chi connectivity index (χ2v) is 6.09. The molecular weight excluding hydrogens is 236 g/mol. The zero-order valence-corrected chi connectivity index (χ0v) is 12.1. The van der Waals surface area contributed by atoms with Crippen molar-refractivity contribution in [3.05, 3.63) is 29.3 Å². The van der Waals surface area contributed by atoms with Crippen molar-refractivity contribution in [3.63, 3.8) is 0 Å². The van der Waals surface area contributed by atoms with Crippen molar-refractivity contribution in [1.29, 1.82) is 0 Å². The van der Waals surface area contributed by atoms with Crippen LogP contribution in [0.2, 0.25) is 0 Å². The van der Waals surface area contributed by atoms with E-state index in [0.717, 1.165) is 31.4 Å². The van der Waals surface area contributed by atoms with Crippen molar-refractivity contribution in [3.8, 4) is 0 Å². The Balaban J connectivity index is 2.09. The van der Waals surface area contributed by atoms with E-state index in [-0.39, 0.29) is 17.4 Å². The van der Waals surface area contributed by atoms with Crippen LogP contribution in [0.25, 0.3) is 0 Å². The number of anilines is 1. The number of rotatable bonds is 2. The maximum Gasteiger partial charge on any atom is 0.229 e. The zero-order chi connectivity index (χ0) is 14.0. The second kappa shape index (κ2) is 5.33. The van der Waals surface area contributed by atoms with Gasteiger partial charge in [-0.2, -0.15) is 0 Å². The number of benzene rings is 1. The first kappa shape index (κ1) is 14.1. The van der Waals surface area contributed by atoms with Crippen molar-refractivity contribution in [2.45, 2.75) is 52.0 Å². The molecule has 0 aliphatic heterocycles. The zero-order valence-electron chi connectivity index (χ0n) is 12.1. The maximum absolute atomic E-state index is 12.4. The van der Waals surface area contributed by atoms with Crippen molar-refractivity contribution in [1.82, 2.24) is 0 Å². The van der Waals surface area contributed by atoms with Gasteiger partial charge in [0.1, 0.15) is 0 Å². The molecule has 0 saturated heterocycles. The Morgan fingerprint density at radius 2 is 2.05 bits per heavy atom. The summed E-state index contributed by atoms with van der Waals surface area (Å²) in [7, 11) is 0. The fourth-order valence-electron chi connectivity index (χ4n) is 2.84. The third-order valence-corrected chi connectivity index (χ3v) is 4.35. The average Bonchev–Trinajstić information content (AvgIpc) is 2.33. The number of aryl methyl sites for hydroxylation is 2. The van der Waals surface area contributed by atoms with E-state index in [9.17, 15) is 4.79 Å². The molecule has 19 heavy (non-hydrogen) atoms. The Bertz CT molecular complexity index is 480. The molecule has 0 bridgehead atoms. The van der Waals surface area contributed by atoms with Crippen molar-refractivity contribution < 1.29 is 4.79 Å². The van der Waals surface area contributed by atoms with E-state index >= 15 is 0 Å². The van der Waals surface area contributed by atoms with Crippen LogP contribution in [-0.2, 0) is 4.79 Å². The van der Waals surface area contributed by atoms with Crippen LogP contribution in [0, 0.1) is 19.8 Å². The van der Waals surface area contributed by atoms with Crippen LogP contribution in [0.15, 0.2) is 18.2 Å². The summed E-state index contributed by atoms with van der Waals surface area (Å²) in [5.74, 6) is -0.0178. The summed E-state index contributed by atoms with van der Waals surface area (Å²) in [5, 5.41) is 3.02. The molecule has 104 valence electrons. The van der Waals surface area contributed by atoms with E-state index in [4.69, 9.17) is 5.73 Å². The van der Waals surface area contributed by atoms with Crippen LogP contribution in [0.3, 0.4) is 0 Å². The van der Waals surface area contributed by atoms with E-state index in [1.807, 2.05) is 25.1 Å². The molecule has 1 fully saturated rings. The lowest BCUT2D eigenvalue weighted by atomic mass is 9.74. The van der Waals surface area contributed by atoms with Gasteiger partial charge >= 0.3 is 0 Å². The summed E-state index contributed by atoms with van der Waals surface area (Å²) < 4.78 is 0. The number of carbonyl (C=O) groups is 1. The molecule has 1 aromatic carbocycles. The number of nitrogens with one attached hydrogen (secondary N) is 1. The Labute approximate surface area is 115 Å². The average molecular weight is 260 g/mol. The summed E-state index contributed by atoms with van der Waals surface area (Å²) in [6.45, 7) is 6.12. The van der Waals surface area contributed by atoms with Crippen molar-refractivity contribution >= 4 is 11.6 Å². The number of amides is 1. The fourth-order valence-corrected chi connectivity index (χ4v) is 2.84. The molecule has 1 aliphatic rings. The third kappa shape index (κ3) is 3.16. The summed E-state index contributed by atoms with van der Waals surface area (Å²) in [6.07, 6.45) is 4.04. The maximum atomic E-state index is 12.4. The molecule has 0 spiro atoms. The second-order valence-electron chi connectivity index (χ2n) is 6.09. The Kier molecular flexibility index (Phi) is 3.95. The van der Waals surface area contributed by atoms with E-state index in [2.05, 4.69) is 19.2 Å². The van der Waals surface area contributed by atoms with Crippen LogP contribution in [0.1, 0.15) is 43.7 Å². The van der Waals surface area contributed by atoms with Crippen LogP contribution >= 0.6 is 0 Å². The van der Waals surface area contributed by atoms with Gasteiger partial charge in [0.15, 0.2) is 0 Å². The highest BCUT2D eigenvalue weighted by Gasteiger charge is 2.37. The molecule has 2 atom stereocenters. The molecular formula is C16H24N2O. The van der Waals surface area contributed by atoms with Gasteiger partial charge in [-0.15, -0.1) is 0 Å². The molecule has 0 heterocycles. The molecule has 1 amide bonds. The highest BCUT2D eigenvalue weighted by atomic mass is 16.1. The largest absolute Gasteiger partial charge is 0.326 e. The number of carbonyl (C=O) groups excluding carboxylic acids is 1. The monoisotopic (exact) mass is 260 g/mol. The molecule has 0 aromatic heterocycles. The Morgan fingerprint density at radius 1 is 1.32 bits per heavy atom. The fraction of sp³-hybridized carbons (Fsp3) is 0.562. The number of nitrogens with two attached hydrogens (primary N) is 1.